The Kier molecular flexibility index (Phi) is 7.96. The molecule has 27 heavy (non-hydrogen) atoms. The minimum Gasteiger partial charge on any atom is -0.357 e. The zero-order chi connectivity index (χ0) is 18.9. The Morgan fingerprint density at radius 3 is 2.41 bits per heavy atom. The van der Waals surface area contributed by atoms with E-state index in [0.29, 0.717) is 0 Å². The van der Waals surface area contributed by atoms with Gasteiger partial charge in [-0.2, -0.15) is 0 Å². The molecule has 0 unspecified atom stereocenters. The summed E-state index contributed by atoms with van der Waals surface area (Å²) >= 11 is 0. The molecule has 5 heteroatoms. The molecule has 1 aromatic rings. The number of aliphatic imine (C=N–C) groups is 1. The van der Waals surface area contributed by atoms with E-state index < -0.39 is 0 Å². The van der Waals surface area contributed by atoms with Gasteiger partial charge in [0.15, 0.2) is 5.96 Å². The van der Waals surface area contributed by atoms with E-state index in [-0.39, 0.29) is 0 Å². The minimum atomic E-state index is 0.857. The highest BCUT2D eigenvalue weighted by Crippen LogP contribution is 2.19. The third-order valence-electron chi connectivity index (χ3n) is 5.89. The lowest BCUT2D eigenvalue weighted by Gasteiger charge is -2.36. The SMILES string of the molecule is CCNC(=NCCC1CCN(C)CC1)N1CCN(Cc2ccccc2)CC1. The van der Waals surface area contributed by atoms with Crippen molar-refractivity contribution in [2.75, 3.05) is 59.4 Å². The van der Waals surface area contributed by atoms with Crippen LogP contribution in [0.4, 0.5) is 0 Å². The molecule has 0 aromatic heterocycles. The average molecular weight is 372 g/mol. The largest absolute Gasteiger partial charge is 0.357 e. The van der Waals surface area contributed by atoms with E-state index in [1.54, 1.807) is 0 Å². The van der Waals surface area contributed by atoms with Crippen molar-refractivity contribution in [1.29, 1.82) is 0 Å². The van der Waals surface area contributed by atoms with Crippen LogP contribution in [0.5, 0.6) is 0 Å². The monoisotopic (exact) mass is 371 g/mol. The molecule has 3 rings (SSSR count). The van der Waals surface area contributed by atoms with Gasteiger partial charge in [0.1, 0.15) is 0 Å². The highest BCUT2D eigenvalue weighted by molar-refractivity contribution is 5.80. The van der Waals surface area contributed by atoms with Crippen LogP contribution in [0.1, 0.15) is 31.7 Å². The maximum Gasteiger partial charge on any atom is 0.194 e. The van der Waals surface area contributed by atoms with Crippen molar-refractivity contribution in [2.45, 2.75) is 32.7 Å². The van der Waals surface area contributed by atoms with E-state index in [9.17, 15) is 0 Å². The molecule has 0 radical (unpaired) electrons. The van der Waals surface area contributed by atoms with Crippen LogP contribution in [0.2, 0.25) is 0 Å². The lowest BCUT2D eigenvalue weighted by molar-refractivity contribution is 0.172. The van der Waals surface area contributed by atoms with Crippen molar-refractivity contribution in [3.63, 3.8) is 0 Å². The summed E-state index contributed by atoms with van der Waals surface area (Å²) in [7, 11) is 2.23. The molecule has 0 amide bonds. The number of rotatable bonds is 6. The quantitative estimate of drug-likeness (QED) is 0.615. The van der Waals surface area contributed by atoms with Gasteiger partial charge in [-0.3, -0.25) is 9.89 Å². The number of piperazine rings is 1. The molecule has 2 saturated heterocycles. The number of hydrogen-bond acceptors (Lipinski definition) is 3. The van der Waals surface area contributed by atoms with E-state index in [2.05, 4.69) is 64.3 Å². The molecule has 0 bridgehead atoms. The lowest BCUT2D eigenvalue weighted by Crippen LogP contribution is -2.52. The molecule has 5 nitrogen and oxygen atoms in total. The molecule has 1 N–H and O–H groups in total. The summed E-state index contributed by atoms with van der Waals surface area (Å²) in [5, 5.41) is 3.51. The van der Waals surface area contributed by atoms with Gasteiger partial charge in [0.05, 0.1) is 0 Å². The number of benzene rings is 1. The number of piperidine rings is 1. The molecule has 2 aliphatic heterocycles. The average Bonchev–Trinajstić information content (AvgIpc) is 2.70. The second kappa shape index (κ2) is 10.7. The molecule has 2 aliphatic rings. The first kappa shape index (κ1) is 20.2. The predicted molar refractivity (Wildman–Crippen MR) is 114 cm³/mol. The summed E-state index contributed by atoms with van der Waals surface area (Å²) < 4.78 is 0. The third kappa shape index (κ3) is 6.51. The summed E-state index contributed by atoms with van der Waals surface area (Å²) in [6, 6.07) is 10.8. The molecule has 2 heterocycles. The Morgan fingerprint density at radius 1 is 1.04 bits per heavy atom. The second-order valence-electron chi connectivity index (χ2n) is 8.02. The van der Waals surface area contributed by atoms with Crippen molar-refractivity contribution in [1.82, 2.24) is 20.0 Å². The Morgan fingerprint density at radius 2 is 1.74 bits per heavy atom. The third-order valence-corrected chi connectivity index (χ3v) is 5.89. The van der Waals surface area contributed by atoms with Gasteiger partial charge < -0.3 is 15.1 Å². The van der Waals surface area contributed by atoms with Crippen LogP contribution in [0.25, 0.3) is 0 Å². The van der Waals surface area contributed by atoms with Crippen LogP contribution in [0.15, 0.2) is 35.3 Å². The van der Waals surface area contributed by atoms with Gasteiger partial charge >= 0.3 is 0 Å². The summed E-state index contributed by atoms with van der Waals surface area (Å²) in [5.74, 6) is 1.97. The Hall–Kier alpha value is -1.59. The predicted octanol–water partition coefficient (Wildman–Crippen LogP) is 2.50. The van der Waals surface area contributed by atoms with Gasteiger partial charge in [-0.1, -0.05) is 30.3 Å². The first-order chi connectivity index (χ1) is 13.2. The van der Waals surface area contributed by atoms with Gasteiger partial charge in [-0.15, -0.1) is 0 Å². The van der Waals surface area contributed by atoms with E-state index in [1.165, 1.54) is 37.9 Å². The van der Waals surface area contributed by atoms with Crippen molar-refractivity contribution in [3.8, 4) is 0 Å². The van der Waals surface area contributed by atoms with Crippen LogP contribution in [-0.4, -0.2) is 80.1 Å². The summed E-state index contributed by atoms with van der Waals surface area (Å²) in [4.78, 5) is 12.4. The number of nitrogens with one attached hydrogen (secondary N) is 1. The molecule has 2 fully saturated rings. The van der Waals surface area contributed by atoms with Crippen LogP contribution in [0.3, 0.4) is 0 Å². The second-order valence-corrected chi connectivity index (χ2v) is 8.02. The Labute approximate surface area is 165 Å². The van der Waals surface area contributed by atoms with E-state index in [4.69, 9.17) is 4.99 Å². The smallest absolute Gasteiger partial charge is 0.194 e. The Bertz CT molecular complexity index is 557. The van der Waals surface area contributed by atoms with E-state index in [1.807, 2.05) is 0 Å². The number of nitrogens with zero attached hydrogens (tertiary/aromatic N) is 4. The van der Waals surface area contributed by atoms with Gasteiger partial charge in [0.2, 0.25) is 0 Å². The number of hydrogen-bond donors (Lipinski definition) is 1. The maximum absolute atomic E-state index is 4.96. The molecule has 1 aromatic carbocycles. The molecule has 0 saturated carbocycles. The topological polar surface area (TPSA) is 34.1 Å². The fourth-order valence-electron chi connectivity index (χ4n) is 4.09. The van der Waals surface area contributed by atoms with Gasteiger partial charge in [0, 0.05) is 45.8 Å². The number of guanidine groups is 1. The van der Waals surface area contributed by atoms with Crippen molar-refractivity contribution in [3.05, 3.63) is 35.9 Å². The molecule has 0 atom stereocenters. The van der Waals surface area contributed by atoms with Gasteiger partial charge in [-0.05, 0) is 57.8 Å². The molecular formula is C22H37N5. The molecule has 0 aliphatic carbocycles. The first-order valence-electron chi connectivity index (χ1n) is 10.7. The molecule has 150 valence electrons. The minimum absolute atomic E-state index is 0.857. The normalized spacial score (nSPS) is 20.8. The van der Waals surface area contributed by atoms with Crippen molar-refractivity contribution >= 4 is 5.96 Å². The Balaban J connectivity index is 1.44. The summed E-state index contributed by atoms with van der Waals surface area (Å²) in [6.07, 6.45) is 3.90. The van der Waals surface area contributed by atoms with Gasteiger partial charge in [0.25, 0.3) is 0 Å². The zero-order valence-corrected chi connectivity index (χ0v) is 17.2. The molecule has 0 spiro atoms. The van der Waals surface area contributed by atoms with E-state index in [0.717, 1.165) is 57.7 Å². The fraction of sp³-hybridized carbons (Fsp3) is 0.682. The number of likely N-dealkylation sites (tertiary alicyclic amines) is 1. The summed E-state index contributed by atoms with van der Waals surface area (Å²) in [5.41, 5.74) is 1.41. The highest BCUT2D eigenvalue weighted by Gasteiger charge is 2.20. The zero-order valence-electron chi connectivity index (χ0n) is 17.2. The van der Waals surface area contributed by atoms with E-state index >= 15 is 0 Å². The van der Waals surface area contributed by atoms with Crippen LogP contribution >= 0.6 is 0 Å². The van der Waals surface area contributed by atoms with Crippen molar-refractivity contribution in [2.24, 2.45) is 10.9 Å². The summed E-state index contributed by atoms with van der Waals surface area (Å²) in [6.45, 7) is 12.0. The van der Waals surface area contributed by atoms with Crippen LogP contribution in [-0.2, 0) is 6.54 Å². The van der Waals surface area contributed by atoms with Crippen LogP contribution in [0, 0.1) is 5.92 Å². The van der Waals surface area contributed by atoms with Crippen LogP contribution < -0.4 is 5.32 Å². The first-order valence-corrected chi connectivity index (χ1v) is 10.7. The fourth-order valence-corrected chi connectivity index (χ4v) is 4.09. The standard InChI is InChI=1S/C22H37N5/c1-3-23-22(24-12-9-20-10-13-25(2)14-11-20)27-17-15-26(16-18-27)19-21-7-5-4-6-8-21/h4-8,20H,3,9-19H2,1-2H3,(H,23,24). The molecular weight excluding hydrogens is 334 g/mol. The van der Waals surface area contributed by atoms with Crippen molar-refractivity contribution < 1.29 is 0 Å². The maximum atomic E-state index is 4.96. The highest BCUT2D eigenvalue weighted by atomic mass is 15.3. The van der Waals surface area contributed by atoms with Gasteiger partial charge in [-0.25, -0.2) is 0 Å². The lowest BCUT2D eigenvalue weighted by atomic mass is 9.94.